The summed E-state index contributed by atoms with van der Waals surface area (Å²) in [7, 11) is 1.77. The van der Waals surface area contributed by atoms with Gasteiger partial charge < -0.3 is 15.6 Å². The minimum Gasteiger partial charge on any atom is -0.356 e. The summed E-state index contributed by atoms with van der Waals surface area (Å²) in [5, 5.41) is 6.50. The van der Waals surface area contributed by atoms with E-state index in [2.05, 4.69) is 44.0 Å². The van der Waals surface area contributed by atoms with E-state index < -0.39 is 0 Å². The number of imidazole rings is 1. The van der Waals surface area contributed by atoms with Gasteiger partial charge >= 0.3 is 0 Å². The van der Waals surface area contributed by atoms with Gasteiger partial charge in [-0.05, 0) is 11.8 Å². The van der Waals surface area contributed by atoms with E-state index in [4.69, 9.17) is 0 Å². The Hall–Kier alpha value is -1.95. The van der Waals surface area contributed by atoms with Gasteiger partial charge in [0.1, 0.15) is 5.82 Å². The van der Waals surface area contributed by atoms with Gasteiger partial charge in [-0.25, -0.2) is 4.98 Å². The van der Waals surface area contributed by atoms with Crippen LogP contribution in [0.3, 0.4) is 0 Å². The molecule has 0 spiro atoms. The molecule has 6 heteroatoms. The Labute approximate surface area is 129 Å². The summed E-state index contributed by atoms with van der Waals surface area (Å²) in [6.45, 7) is 1.51. The number of hydrogen-bond acceptors (Lipinski definition) is 3. The van der Waals surface area contributed by atoms with Gasteiger partial charge in [-0.1, -0.05) is 30.3 Å². The van der Waals surface area contributed by atoms with E-state index >= 15 is 0 Å². The van der Waals surface area contributed by atoms with Gasteiger partial charge in [-0.15, -0.1) is 0 Å². The number of nitrogens with one attached hydrogen (secondary N) is 3. The number of thioether (sulfide) groups is 1. The average molecular weight is 303 g/mol. The molecule has 0 radical (unpaired) electrons. The molecule has 0 aliphatic rings. The zero-order chi connectivity index (χ0) is 14.9. The molecule has 0 aliphatic heterocycles. The summed E-state index contributed by atoms with van der Waals surface area (Å²) in [5.74, 6) is 2.74. The molecule has 0 bridgehead atoms. The smallest absolute Gasteiger partial charge is 0.191 e. The molecule has 0 fully saturated rings. The molecule has 2 rings (SSSR count). The molecule has 0 saturated carbocycles. The van der Waals surface area contributed by atoms with Crippen molar-refractivity contribution in [2.45, 2.75) is 6.54 Å². The van der Waals surface area contributed by atoms with Crippen molar-refractivity contribution in [2.24, 2.45) is 4.99 Å². The molecular weight excluding hydrogens is 282 g/mol. The molecule has 1 aromatic carbocycles. The third kappa shape index (κ3) is 4.82. The Morgan fingerprint density at radius 3 is 2.81 bits per heavy atom. The van der Waals surface area contributed by atoms with Gasteiger partial charge in [0.2, 0.25) is 0 Å². The minimum absolute atomic E-state index is 0.617. The third-order valence-electron chi connectivity index (χ3n) is 2.96. The summed E-state index contributed by atoms with van der Waals surface area (Å²) in [6, 6.07) is 10.2. The molecule has 1 heterocycles. The van der Waals surface area contributed by atoms with E-state index in [1.807, 2.05) is 24.4 Å². The summed E-state index contributed by atoms with van der Waals surface area (Å²) in [5.41, 5.74) is 2.16. The molecule has 0 atom stereocenters. The molecule has 0 saturated heterocycles. The summed E-state index contributed by atoms with van der Waals surface area (Å²) in [4.78, 5) is 11.9. The van der Waals surface area contributed by atoms with Gasteiger partial charge in [0.05, 0.1) is 18.4 Å². The van der Waals surface area contributed by atoms with Crippen molar-refractivity contribution >= 4 is 17.7 Å². The van der Waals surface area contributed by atoms with Gasteiger partial charge in [0, 0.05) is 19.3 Å². The van der Waals surface area contributed by atoms with Gasteiger partial charge in [-0.3, -0.25) is 4.99 Å². The lowest BCUT2D eigenvalue weighted by Gasteiger charge is -2.10. The van der Waals surface area contributed by atoms with Crippen molar-refractivity contribution in [1.29, 1.82) is 0 Å². The van der Waals surface area contributed by atoms with Crippen molar-refractivity contribution < 1.29 is 0 Å². The van der Waals surface area contributed by atoms with Crippen molar-refractivity contribution in [1.82, 2.24) is 20.6 Å². The number of H-pyrrole nitrogens is 1. The van der Waals surface area contributed by atoms with Crippen molar-refractivity contribution in [3.05, 3.63) is 42.4 Å². The van der Waals surface area contributed by atoms with Gasteiger partial charge in [-0.2, -0.15) is 11.8 Å². The molecule has 0 unspecified atom stereocenters. The Morgan fingerprint density at radius 2 is 2.10 bits per heavy atom. The van der Waals surface area contributed by atoms with E-state index in [9.17, 15) is 0 Å². The van der Waals surface area contributed by atoms with E-state index in [1.165, 1.54) is 0 Å². The predicted octanol–water partition coefficient (Wildman–Crippen LogP) is 2.10. The number of rotatable bonds is 6. The lowest BCUT2D eigenvalue weighted by molar-refractivity contribution is 0.797. The first-order chi connectivity index (χ1) is 10.3. The number of benzene rings is 1. The number of aromatic amines is 1. The molecular formula is C15H21N5S. The fraction of sp³-hybridized carbons (Fsp3) is 0.333. The number of aromatic nitrogens is 2. The quantitative estimate of drug-likeness (QED) is 0.434. The minimum atomic E-state index is 0.617. The van der Waals surface area contributed by atoms with Crippen LogP contribution in [0.2, 0.25) is 0 Å². The second-order valence-electron chi connectivity index (χ2n) is 4.45. The number of aliphatic imine (C=N–C) groups is 1. The zero-order valence-corrected chi connectivity index (χ0v) is 13.2. The number of guanidine groups is 1. The molecule has 0 amide bonds. The van der Waals surface area contributed by atoms with Crippen molar-refractivity contribution in [3.8, 4) is 11.3 Å². The molecule has 0 aliphatic carbocycles. The van der Waals surface area contributed by atoms with Crippen LogP contribution in [0.1, 0.15) is 5.82 Å². The zero-order valence-electron chi connectivity index (χ0n) is 12.4. The Kier molecular flexibility index (Phi) is 6.15. The highest BCUT2D eigenvalue weighted by Crippen LogP contribution is 2.15. The van der Waals surface area contributed by atoms with Crippen LogP contribution in [0.15, 0.2) is 41.5 Å². The van der Waals surface area contributed by atoms with Crippen molar-refractivity contribution in [3.63, 3.8) is 0 Å². The maximum Gasteiger partial charge on any atom is 0.191 e. The maximum absolute atomic E-state index is 4.39. The maximum atomic E-state index is 4.39. The van der Waals surface area contributed by atoms with Crippen LogP contribution in [-0.2, 0) is 6.54 Å². The molecule has 21 heavy (non-hydrogen) atoms. The highest BCUT2D eigenvalue weighted by Gasteiger charge is 2.03. The first-order valence-corrected chi connectivity index (χ1v) is 8.25. The molecule has 112 valence electrons. The SMILES string of the molecule is CN=C(NCCSC)NCc1ncc(-c2ccccc2)[nH]1. The van der Waals surface area contributed by atoms with E-state index in [1.54, 1.807) is 18.8 Å². The van der Waals surface area contributed by atoms with E-state index in [0.717, 1.165) is 35.3 Å². The van der Waals surface area contributed by atoms with E-state index in [-0.39, 0.29) is 0 Å². The second kappa shape index (κ2) is 8.36. The van der Waals surface area contributed by atoms with Crippen LogP contribution in [0.4, 0.5) is 0 Å². The molecule has 1 aromatic heterocycles. The van der Waals surface area contributed by atoms with Crippen LogP contribution in [0, 0.1) is 0 Å². The number of hydrogen-bond donors (Lipinski definition) is 3. The first-order valence-electron chi connectivity index (χ1n) is 6.86. The van der Waals surface area contributed by atoms with Crippen LogP contribution in [-0.4, -0.2) is 41.5 Å². The van der Waals surface area contributed by atoms with Crippen molar-refractivity contribution in [2.75, 3.05) is 25.6 Å². The molecule has 2 aromatic rings. The fourth-order valence-corrected chi connectivity index (χ4v) is 2.18. The van der Waals surface area contributed by atoms with Crippen LogP contribution < -0.4 is 10.6 Å². The highest BCUT2D eigenvalue weighted by atomic mass is 32.2. The monoisotopic (exact) mass is 303 g/mol. The van der Waals surface area contributed by atoms with E-state index in [0.29, 0.717) is 6.54 Å². The third-order valence-corrected chi connectivity index (χ3v) is 3.57. The molecule has 3 N–H and O–H groups in total. The summed E-state index contributed by atoms with van der Waals surface area (Å²) in [6.07, 6.45) is 3.95. The van der Waals surface area contributed by atoms with Crippen LogP contribution >= 0.6 is 11.8 Å². The highest BCUT2D eigenvalue weighted by molar-refractivity contribution is 7.98. The Balaban J connectivity index is 1.88. The van der Waals surface area contributed by atoms with Crippen LogP contribution in [0.5, 0.6) is 0 Å². The van der Waals surface area contributed by atoms with Crippen LogP contribution in [0.25, 0.3) is 11.3 Å². The topological polar surface area (TPSA) is 65.1 Å². The predicted molar refractivity (Wildman–Crippen MR) is 90.6 cm³/mol. The largest absolute Gasteiger partial charge is 0.356 e. The molecule has 5 nitrogen and oxygen atoms in total. The standard InChI is InChI=1S/C15H21N5S/c1-16-15(17-8-9-21-2)19-11-14-18-10-13(20-14)12-6-4-3-5-7-12/h3-7,10H,8-9,11H2,1-2H3,(H,18,20)(H2,16,17,19). The van der Waals surface area contributed by atoms with Gasteiger partial charge in [0.15, 0.2) is 5.96 Å². The van der Waals surface area contributed by atoms with Gasteiger partial charge in [0.25, 0.3) is 0 Å². The normalized spacial score (nSPS) is 11.4. The first kappa shape index (κ1) is 15.4. The summed E-state index contributed by atoms with van der Waals surface area (Å²) < 4.78 is 0. The second-order valence-corrected chi connectivity index (χ2v) is 5.44. The fourth-order valence-electron chi connectivity index (χ4n) is 1.88. The summed E-state index contributed by atoms with van der Waals surface area (Å²) >= 11 is 1.81. The lowest BCUT2D eigenvalue weighted by atomic mass is 10.2. The average Bonchev–Trinajstić information content (AvgIpc) is 3.00. The Morgan fingerprint density at radius 1 is 1.29 bits per heavy atom. The Bertz CT molecular complexity index is 564. The number of nitrogens with zero attached hydrogens (tertiary/aromatic N) is 2. The lowest BCUT2D eigenvalue weighted by Crippen LogP contribution is -2.38.